The van der Waals surface area contributed by atoms with Crippen molar-refractivity contribution < 1.29 is 18.8 Å². The van der Waals surface area contributed by atoms with Crippen LogP contribution in [0.3, 0.4) is 0 Å². The number of carbonyl (C=O) groups excluding carboxylic acids is 3. The van der Waals surface area contributed by atoms with E-state index in [9.17, 15) is 18.8 Å². The van der Waals surface area contributed by atoms with Gasteiger partial charge in [-0.15, -0.1) is 0 Å². The van der Waals surface area contributed by atoms with Crippen LogP contribution >= 0.6 is 11.3 Å². The number of nitrogens with zero attached hydrogens (tertiary/aromatic N) is 2. The van der Waals surface area contributed by atoms with Crippen LogP contribution in [0.4, 0.5) is 15.2 Å². The molecule has 1 fully saturated rings. The average molecular weight is 423 g/mol. The summed E-state index contributed by atoms with van der Waals surface area (Å²) in [4.78, 5) is 43.3. The van der Waals surface area contributed by atoms with Crippen LogP contribution in [-0.2, 0) is 9.59 Å². The van der Waals surface area contributed by atoms with Crippen molar-refractivity contribution in [2.24, 2.45) is 5.92 Å². The van der Waals surface area contributed by atoms with E-state index in [0.717, 1.165) is 16.9 Å². The molecule has 0 bridgehead atoms. The maximum atomic E-state index is 14.0. The molecule has 1 N–H and O–H groups in total. The van der Waals surface area contributed by atoms with Gasteiger partial charge in [0.25, 0.3) is 0 Å². The van der Waals surface area contributed by atoms with Gasteiger partial charge in [0.2, 0.25) is 11.8 Å². The Morgan fingerprint density at radius 3 is 2.53 bits per heavy atom. The molecule has 1 saturated heterocycles. The number of nitrogens with one attached hydrogen (secondary N) is 1. The Morgan fingerprint density at radius 1 is 1.13 bits per heavy atom. The monoisotopic (exact) mass is 423 g/mol. The predicted molar refractivity (Wildman–Crippen MR) is 113 cm³/mol. The molecule has 0 saturated carbocycles. The molecule has 0 aliphatic carbocycles. The minimum absolute atomic E-state index is 0.0172. The molecule has 1 unspecified atom stereocenters. The van der Waals surface area contributed by atoms with E-state index < -0.39 is 11.7 Å². The highest BCUT2D eigenvalue weighted by Crippen LogP contribution is 2.33. The largest absolute Gasteiger partial charge is 0.309 e. The molecule has 0 spiro atoms. The van der Waals surface area contributed by atoms with E-state index in [1.54, 1.807) is 12.1 Å². The number of anilines is 2. The quantitative estimate of drug-likeness (QED) is 0.626. The third kappa shape index (κ3) is 3.86. The minimum Gasteiger partial charge on any atom is -0.309 e. The Hall–Kier alpha value is -3.39. The number of Topliss-reactive ketones (excluding diaryl/α,β-unsaturated/α-hetero) is 1. The van der Waals surface area contributed by atoms with Gasteiger partial charge in [0, 0.05) is 25.5 Å². The first-order valence-corrected chi connectivity index (χ1v) is 10.2. The van der Waals surface area contributed by atoms with Gasteiger partial charge >= 0.3 is 0 Å². The fourth-order valence-corrected chi connectivity index (χ4v) is 4.28. The summed E-state index contributed by atoms with van der Waals surface area (Å²) in [6, 6.07) is 15.2. The van der Waals surface area contributed by atoms with E-state index in [-0.39, 0.29) is 36.3 Å². The summed E-state index contributed by atoms with van der Waals surface area (Å²) in [5.74, 6) is -1.99. The normalized spacial score (nSPS) is 16.0. The second-order valence-electron chi connectivity index (χ2n) is 6.97. The van der Waals surface area contributed by atoms with Gasteiger partial charge in [0.1, 0.15) is 5.82 Å². The molecule has 1 aromatic heterocycles. The lowest BCUT2D eigenvalue weighted by molar-refractivity contribution is -0.122. The number of hydrogen-bond acceptors (Lipinski definition) is 5. The number of thiazole rings is 1. The van der Waals surface area contributed by atoms with Crippen LogP contribution in [-0.4, -0.2) is 29.1 Å². The lowest BCUT2D eigenvalue weighted by atomic mass is 10.1. The van der Waals surface area contributed by atoms with E-state index in [4.69, 9.17) is 0 Å². The summed E-state index contributed by atoms with van der Waals surface area (Å²) >= 11 is 1.10. The highest BCUT2D eigenvalue weighted by atomic mass is 32.1. The zero-order chi connectivity index (χ0) is 21.3. The molecule has 1 aliphatic rings. The Morgan fingerprint density at radius 2 is 1.83 bits per heavy atom. The smallest absolute Gasteiger partial charge is 0.231 e. The molecule has 2 heterocycles. The molecule has 2 amide bonds. The van der Waals surface area contributed by atoms with Crippen molar-refractivity contribution in [3.05, 3.63) is 65.3 Å². The van der Waals surface area contributed by atoms with Crippen molar-refractivity contribution in [2.75, 3.05) is 16.8 Å². The molecule has 152 valence electrons. The van der Waals surface area contributed by atoms with Crippen LogP contribution in [0, 0.1) is 11.7 Å². The number of amides is 2. The molecular weight excluding hydrogens is 405 g/mol. The number of aromatic nitrogens is 1. The van der Waals surface area contributed by atoms with Gasteiger partial charge in [-0.1, -0.05) is 53.8 Å². The maximum Gasteiger partial charge on any atom is 0.231 e. The lowest BCUT2D eigenvalue weighted by Gasteiger charge is -2.17. The molecule has 4 rings (SSSR count). The van der Waals surface area contributed by atoms with Gasteiger partial charge in [0.15, 0.2) is 10.9 Å². The Bertz CT molecular complexity index is 1130. The molecule has 0 radical (unpaired) electrons. The fraction of sp³-hybridized carbons (Fsp3) is 0.182. The molecule has 8 heteroatoms. The summed E-state index contributed by atoms with van der Waals surface area (Å²) < 4.78 is 14.0. The fourth-order valence-electron chi connectivity index (χ4n) is 3.40. The third-order valence-corrected chi connectivity index (χ3v) is 5.93. The molecule has 30 heavy (non-hydrogen) atoms. The standard InChI is InChI=1S/C22H18FN3O3S/c1-13(27)20-19(14-7-3-2-4-8-14)24-22(30-20)25-21(29)15-11-18(28)26(12-15)17-10-6-5-9-16(17)23/h2-10,15H,11-12H2,1H3,(H,24,25,29). The molecule has 1 aliphatic heterocycles. The van der Waals surface area contributed by atoms with Gasteiger partial charge in [-0.2, -0.15) is 0 Å². The van der Waals surface area contributed by atoms with Crippen molar-refractivity contribution in [3.8, 4) is 11.3 Å². The Labute approximate surface area is 176 Å². The molecular formula is C22H18FN3O3S. The number of benzene rings is 2. The first kappa shape index (κ1) is 19.9. The SMILES string of the molecule is CC(=O)c1sc(NC(=O)C2CC(=O)N(c3ccccc3F)C2)nc1-c1ccccc1. The average Bonchev–Trinajstić information content (AvgIpc) is 3.33. The summed E-state index contributed by atoms with van der Waals surface area (Å²) in [6.45, 7) is 1.54. The number of carbonyl (C=O) groups is 3. The van der Waals surface area contributed by atoms with Gasteiger partial charge < -0.3 is 10.2 Å². The van der Waals surface area contributed by atoms with Crippen LogP contribution in [0.1, 0.15) is 23.0 Å². The predicted octanol–water partition coefficient (Wildman–Crippen LogP) is 4.14. The van der Waals surface area contributed by atoms with Crippen molar-refractivity contribution in [2.45, 2.75) is 13.3 Å². The van der Waals surface area contributed by atoms with Gasteiger partial charge in [-0.05, 0) is 12.1 Å². The first-order valence-electron chi connectivity index (χ1n) is 9.37. The second-order valence-corrected chi connectivity index (χ2v) is 7.96. The summed E-state index contributed by atoms with van der Waals surface area (Å²) in [7, 11) is 0. The van der Waals surface area contributed by atoms with Crippen LogP contribution in [0.15, 0.2) is 54.6 Å². The zero-order valence-corrected chi connectivity index (χ0v) is 16.9. The highest BCUT2D eigenvalue weighted by molar-refractivity contribution is 7.18. The Kier molecular flexibility index (Phi) is 5.41. The lowest BCUT2D eigenvalue weighted by Crippen LogP contribution is -2.28. The highest BCUT2D eigenvalue weighted by Gasteiger charge is 2.36. The third-order valence-electron chi connectivity index (χ3n) is 4.86. The Balaban J connectivity index is 1.53. The molecule has 1 atom stereocenters. The summed E-state index contributed by atoms with van der Waals surface area (Å²) in [6.07, 6.45) is -0.0172. The second kappa shape index (κ2) is 8.16. The molecule has 6 nitrogen and oxygen atoms in total. The zero-order valence-electron chi connectivity index (χ0n) is 16.1. The van der Waals surface area contributed by atoms with Crippen LogP contribution in [0.25, 0.3) is 11.3 Å². The van der Waals surface area contributed by atoms with E-state index in [0.29, 0.717) is 15.7 Å². The summed E-state index contributed by atoms with van der Waals surface area (Å²) in [5.41, 5.74) is 1.46. The first-order chi connectivity index (χ1) is 14.4. The number of ketones is 1. The van der Waals surface area contributed by atoms with E-state index in [1.807, 2.05) is 30.3 Å². The van der Waals surface area contributed by atoms with E-state index in [1.165, 1.54) is 24.0 Å². The molecule has 3 aromatic rings. The topological polar surface area (TPSA) is 79.4 Å². The van der Waals surface area contributed by atoms with Crippen LogP contribution in [0.5, 0.6) is 0 Å². The number of halogens is 1. The minimum atomic E-state index is -0.637. The maximum absolute atomic E-state index is 14.0. The number of para-hydroxylation sites is 1. The van der Waals surface area contributed by atoms with E-state index in [2.05, 4.69) is 10.3 Å². The van der Waals surface area contributed by atoms with Crippen LogP contribution < -0.4 is 10.2 Å². The van der Waals surface area contributed by atoms with Crippen molar-refractivity contribution in [1.29, 1.82) is 0 Å². The molecule has 2 aromatic carbocycles. The van der Waals surface area contributed by atoms with Gasteiger partial charge in [-0.3, -0.25) is 14.4 Å². The van der Waals surface area contributed by atoms with Crippen LogP contribution in [0.2, 0.25) is 0 Å². The van der Waals surface area contributed by atoms with E-state index >= 15 is 0 Å². The number of rotatable bonds is 5. The summed E-state index contributed by atoms with van der Waals surface area (Å²) in [5, 5.41) is 3.01. The van der Waals surface area contributed by atoms with Crippen molar-refractivity contribution in [1.82, 2.24) is 4.98 Å². The van der Waals surface area contributed by atoms with Crippen molar-refractivity contribution >= 4 is 39.8 Å². The number of hydrogen-bond donors (Lipinski definition) is 1. The van der Waals surface area contributed by atoms with Gasteiger partial charge in [0.05, 0.1) is 22.2 Å². The van der Waals surface area contributed by atoms with Crippen molar-refractivity contribution in [3.63, 3.8) is 0 Å². The van der Waals surface area contributed by atoms with Gasteiger partial charge in [-0.25, -0.2) is 9.37 Å².